The van der Waals surface area contributed by atoms with Crippen molar-refractivity contribution in [2.45, 2.75) is 64.1 Å². The molecule has 2 atom stereocenters. The number of nitrogens with one attached hydrogen (secondary N) is 1. The molecule has 4 bridgehead atoms. The van der Waals surface area contributed by atoms with Gasteiger partial charge in [0, 0.05) is 31.9 Å². The number of carbonyl (C=O) groups excluding carboxylic acids is 2. The Balaban J connectivity index is 1.55. The van der Waals surface area contributed by atoms with Crippen LogP contribution in [0.1, 0.15) is 57.8 Å². The lowest BCUT2D eigenvalue weighted by Crippen LogP contribution is -2.65. The molecule has 0 aromatic carbocycles. The predicted molar refractivity (Wildman–Crippen MR) is 93.6 cm³/mol. The van der Waals surface area contributed by atoms with E-state index in [1.165, 1.54) is 24.2 Å². The van der Waals surface area contributed by atoms with Gasteiger partial charge in [0.15, 0.2) is 0 Å². The van der Waals surface area contributed by atoms with Crippen molar-refractivity contribution in [1.29, 1.82) is 0 Å². The van der Waals surface area contributed by atoms with Crippen LogP contribution in [0.2, 0.25) is 0 Å². The highest BCUT2D eigenvalue weighted by Crippen LogP contribution is 2.62. The Labute approximate surface area is 157 Å². The first-order chi connectivity index (χ1) is 12.7. The molecule has 2 unspecified atom stereocenters. The Morgan fingerprint density at radius 3 is 2.59 bits per heavy atom. The van der Waals surface area contributed by atoms with Gasteiger partial charge in [-0.2, -0.15) is 8.78 Å². The van der Waals surface area contributed by atoms with E-state index >= 15 is 0 Å². The molecule has 6 nitrogen and oxygen atoms in total. The highest BCUT2D eigenvalue weighted by molar-refractivity contribution is 5.83. The van der Waals surface area contributed by atoms with Crippen molar-refractivity contribution >= 4 is 11.8 Å². The third-order valence-corrected chi connectivity index (χ3v) is 6.64. The van der Waals surface area contributed by atoms with Gasteiger partial charge in [-0.3, -0.25) is 14.2 Å². The monoisotopic (exact) mass is 380 g/mol. The zero-order valence-electron chi connectivity index (χ0n) is 15.8. The molecular weight excluding hydrogens is 354 g/mol. The number of aromatic nitrogens is 2. The first-order valence-electron chi connectivity index (χ1n) is 9.56. The van der Waals surface area contributed by atoms with Gasteiger partial charge in [-0.25, -0.2) is 4.98 Å². The minimum Gasteiger partial charge on any atom is -0.351 e. The van der Waals surface area contributed by atoms with Crippen LogP contribution in [0, 0.1) is 17.3 Å². The van der Waals surface area contributed by atoms with E-state index in [1.807, 2.05) is 0 Å². The molecule has 27 heavy (non-hydrogen) atoms. The molecule has 4 fully saturated rings. The molecule has 1 N–H and O–H groups in total. The Morgan fingerprint density at radius 2 is 2.00 bits per heavy atom. The van der Waals surface area contributed by atoms with E-state index in [0.29, 0.717) is 18.3 Å². The van der Waals surface area contributed by atoms with E-state index in [-0.39, 0.29) is 29.7 Å². The second-order valence-corrected chi connectivity index (χ2v) is 8.89. The largest absolute Gasteiger partial charge is 0.351 e. The fraction of sp³-hybridized carbons (Fsp3) is 0.737. The van der Waals surface area contributed by atoms with E-state index in [1.54, 1.807) is 7.05 Å². The molecule has 0 aliphatic heterocycles. The first-order valence-corrected chi connectivity index (χ1v) is 9.56. The van der Waals surface area contributed by atoms with E-state index in [4.69, 9.17) is 0 Å². The topological polar surface area (TPSA) is 67.2 Å². The van der Waals surface area contributed by atoms with E-state index in [2.05, 4.69) is 10.3 Å². The maximum Gasteiger partial charge on any atom is 0.319 e. The molecule has 4 aliphatic rings. The van der Waals surface area contributed by atoms with Crippen LogP contribution in [0.25, 0.3) is 0 Å². The fourth-order valence-electron chi connectivity index (χ4n) is 6.37. The summed E-state index contributed by atoms with van der Waals surface area (Å²) in [4.78, 5) is 30.7. The molecular formula is C19H26F2N4O2. The average molecular weight is 380 g/mol. The number of rotatable bonds is 5. The zero-order chi connectivity index (χ0) is 19.4. The standard InChI is InChI=1S/C19H26F2N4O2/c1-12(26)23-19-8-13-5-14(9-19)7-18(6-13,11-19)16(27)24(2)10-15-22-3-4-25(15)17(20)21/h3-4,13-14,17H,5-11H2,1-2H3,(H,23,26). The second-order valence-electron chi connectivity index (χ2n) is 8.89. The molecule has 1 heterocycles. The molecule has 5 rings (SSSR count). The summed E-state index contributed by atoms with van der Waals surface area (Å²) in [6, 6.07) is 0. The van der Waals surface area contributed by atoms with Crippen molar-refractivity contribution < 1.29 is 18.4 Å². The van der Waals surface area contributed by atoms with Crippen LogP contribution >= 0.6 is 0 Å². The predicted octanol–water partition coefficient (Wildman–Crippen LogP) is 2.71. The van der Waals surface area contributed by atoms with Gasteiger partial charge in [0.2, 0.25) is 11.8 Å². The van der Waals surface area contributed by atoms with Gasteiger partial charge in [-0.05, 0) is 50.4 Å². The molecule has 2 amide bonds. The Hall–Kier alpha value is -1.99. The van der Waals surface area contributed by atoms with Crippen LogP contribution < -0.4 is 5.32 Å². The number of alkyl halides is 2. The summed E-state index contributed by atoms with van der Waals surface area (Å²) in [6.45, 7) is -1.09. The van der Waals surface area contributed by atoms with Gasteiger partial charge in [0.05, 0.1) is 12.0 Å². The van der Waals surface area contributed by atoms with Crippen molar-refractivity contribution in [1.82, 2.24) is 19.8 Å². The molecule has 0 radical (unpaired) electrons. The van der Waals surface area contributed by atoms with Crippen LogP contribution in [-0.2, 0) is 16.1 Å². The van der Waals surface area contributed by atoms with Gasteiger partial charge >= 0.3 is 6.55 Å². The van der Waals surface area contributed by atoms with Crippen LogP contribution in [0.5, 0.6) is 0 Å². The number of imidazole rings is 1. The number of nitrogens with zero attached hydrogens (tertiary/aromatic N) is 3. The van der Waals surface area contributed by atoms with E-state index < -0.39 is 12.0 Å². The smallest absolute Gasteiger partial charge is 0.319 e. The molecule has 0 spiro atoms. The number of hydrogen-bond acceptors (Lipinski definition) is 3. The molecule has 1 aromatic rings. The van der Waals surface area contributed by atoms with Gasteiger partial charge < -0.3 is 10.2 Å². The number of amides is 2. The summed E-state index contributed by atoms with van der Waals surface area (Å²) in [7, 11) is 1.66. The lowest BCUT2D eigenvalue weighted by Gasteiger charge is -2.61. The van der Waals surface area contributed by atoms with Crippen molar-refractivity contribution in [3.63, 3.8) is 0 Å². The quantitative estimate of drug-likeness (QED) is 0.854. The van der Waals surface area contributed by atoms with Crippen LogP contribution in [0.3, 0.4) is 0 Å². The average Bonchev–Trinajstić information content (AvgIpc) is 2.99. The molecule has 1 aromatic heterocycles. The Morgan fingerprint density at radius 1 is 1.33 bits per heavy atom. The zero-order valence-corrected chi connectivity index (χ0v) is 15.8. The van der Waals surface area contributed by atoms with E-state index in [0.717, 1.165) is 36.7 Å². The number of carbonyl (C=O) groups is 2. The fourth-order valence-corrected chi connectivity index (χ4v) is 6.37. The van der Waals surface area contributed by atoms with Crippen LogP contribution in [0.15, 0.2) is 12.4 Å². The van der Waals surface area contributed by atoms with Crippen LogP contribution in [0.4, 0.5) is 8.78 Å². The molecule has 4 aliphatic carbocycles. The normalized spacial score (nSPS) is 34.1. The number of hydrogen-bond donors (Lipinski definition) is 1. The number of halogens is 2. The Bertz CT molecular complexity index is 749. The summed E-state index contributed by atoms with van der Waals surface area (Å²) in [5, 5.41) is 3.15. The summed E-state index contributed by atoms with van der Waals surface area (Å²) in [5.41, 5.74) is -0.780. The lowest BCUT2D eigenvalue weighted by atomic mass is 9.46. The lowest BCUT2D eigenvalue weighted by molar-refractivity contribution is -0.162. The highest BCUT2D eigenvalue weighted by Gasteiger charge is 2.61. The van der Waals surface area contributed by atoms with Gasteiger partial charge in [-0.15, -0.1) is 0 Å². The highest BCUT2D eigenvalue weighted by atomic mass is 19.3. The summed E-state index contributed by atoms with van der Waals surface area (Å²) in [5.74, 6) is 1.01. The van der Waals surface area contributed by atoms with Gasteiger partial charge in [0.25, 0.3) is 0 Å². The Kier molecular flexibility index (Phi) is 4.27. The van der Waals surface area contributed by atoms with Crippen LogP contribution in [-0.4, -0.2) is 38.9 Å². The van der Waals surface area contributed by atoms with Gasteiger partial charge in [-0.1, -0.05) is 0 Å². The minimum atomic E-state index is -2.67. The summed E-state index contributed by atoms with van der Waals surface area (Å²) >= 11 is 0. The third-order valence-electron chi connectivity index (χ3n) is 6.64. The maximum absolute atomic E-state index is 13.4. The maximum atomic E-state index is 13.4. The third kappa shape index (κ3) is 3.12. The SMILES string of the molecule is CC(=O)NC12CC3CC(C1)CC(C(=O)N(C)Cc1nccn1C(F)F)(C3)C2. The van der Waals surface area contributed by atoms with Crippen molar-refractivity contribution in [2.24, 2.45) is 17.3 Å². The summed E-state index contributed by atoms with van der Waals surface area (Å²) in [6.07, 6.45) is 7.88. The molecule has 0 saturated heterocycles. The van der Waals surface area contributed by atoms with Gasteiger partial charge in [0.1, 0.15) is 5.82 Å². The molecule has 4 saturated carbocycles. The van der Waals surface area contributed by atoms with Crippen molar-refractivity contribution in [3.8, 4) is 0 Å². The first kappa shape index (κ1) is 18.4. The van der Waals surface area contributed by atoms with Crippen molar-refractivity contribution in [3.05, 3.63) is 18.2 Å². The molecule has 148 valence electrons. The van der Waals surface area contributed by atoms with E-state index in [9.17, 15) is 18.4 Å². The minimum absolute atomic E-state index is 0.00450. The molecule has 8 heteroatoms. The second kappa shape index (κ2) is 6.27. The van der Waals surface area contributed by atoms with Crippen molar-refractivity contribution in [2.75, 3.05) is 7.05 Å². The summed E-state index contributed by atoms with van der Waals surface area (Å²) < 4.78 is 26.9.